The van der Waals surface area contributed by atoms with Gasteiger partial charge in [-0.15, -0.1) is 0 Å². The first-order valence-electron chi connectivity index (χ1n) is 15.8. The van der Waals surface area contributed by atoms with Crippen LogP contribution in [0.1, 0.15) is 59.4 Å². The highest BCUT2D eigenvalue weighted by Crippen LogP contribution is 2.46. The fraction of sp³-hybridized carbons (Fsp3) is 0.400. The Hall–Kier alpha value is -4.62. The zero-order chi connectivity index (χ0) is 34.7. The van der Waals surface area contributed by atoms with Crippen molar-refractivity contribution in [2.45, 2.75) is 57.0 Å². The molecule has 4 atom stereocenters. The van der Waals surface area contributed by atoms with Gasteiger partial charge < -0.3 is 25.4 Å². The zero-order valence-corrected chi connectivity index (χ0v) is 26.8. The van der Waals surface area contributed by atoms with Crippen molar-refractivity contribution in [3.63, 3.8) is 0 Å². The van der Waals surface area contributed by atoms with E-state index in [1.165, 1.54) is 11.1 Å². The van der Waals surface area contributed by atoms with E-state index >= 15 is 0 Å². The van der Waals surface area contributed by atoms with E-state index in [1.54, 1.807) is 19.2 Å². The summed E-state index contributed by atoms with van der Waals surface area (Å²) in [7, 11) is 0. The fourth-order valence-electron chi connectivity index (χ4n) is 6.83. The number of pyridine rings is 2. The van der Waals surface area contributed by atoms with Crippen molar-refractivity contribution in [3.05, 3.63) is 94.8 Å². The number of aliphatic hydroxyl groups excluding tert-OH is 1. The molecule has 0 saturated carbocycles. The second-order valence-corrected chi connectivity index (χ2v) is 12.2. The van der Waals surface area contributed by atoms with Crippen molar-refractivity contribution < 1.29 is 37.4 Å². The van der Waals surface area contributed by atoms with E-state index in [0.717, 1.165) is 11.1 Å². The summed E-state index contributed by atoms with van der Waals surface area (Å²) in [5.41, 5.74) is 1.34. The molecule has 5 rings (SSSR count). The monoisotopic (exact) mass is 665 g/mol. The number of hydrogen-bond acceptors (Lipinski definition) is 7. The first-order valence-corrected chi connectivity index (χ1v) is 15.8. The van der Waals surface area contributed by atoms with Crippen LogP contribution in [0, 0.1) is 5.92 Å². The molecule has 10 nitrogen and oxygen atoms in total. The Morgan fingerprint density at radius 3 is 2.65 bits per heavy atom. The van der Waals surface area contributed by atoms with E-state index in [9.17, 15) is 32.7 Å². The molecule has 1 fully saturated rings. The van der Waals surface area contributed by atoms with Gasteiger partial charge in [-0.25, -0.2) is 18.2 Å². The number of halogens is 3. The first-order chi connectivity index (χ1) is 22.9. The Bertz CT molecular complexity index is 1730. The summed E-state index contributed by atoms with van der Waals surface area (Å²) in [5.74, 6) is -6.24. The minimum Gasteiger partial charge on any atom is -0.396 e. The van der Waals surface area contributed by atoms with Gasteiger partial charge in [0.1, 0.15) is 17.7 Å². The zero-order valence-electron chi connectivity index (χ0n) is 26.8. The van der Waals surface area contributed by atoms with Crippen molar-refractivity contribution >= 4 is 29.6 Å². The molecule has 2 aliphatic heterocycles. The van der Waals surface area contributed by atoms with E-state index < -0.39 is 58.3 Å². The van der Waals surface area contributed by atoms with Crippen molar-refractivity contribution in [2.75, 3.05) is 31.7 Å². The SMILES string of the molecule is C=C(F)/C(F)=C(\C(=C)F)C1CC(NC(=O)c2cnc3c(c2)C[C@@]2(C3)C(=O)Nc3ncc(/C=C/COCC)cc32)C(=O)N(CCCO)C1C. The van der Waals surface area contributed by atoms with Crippen LogP contribution >= 0.6 is 0 Å². The van der Waals surface area contributed by atoms with Crippen LogP contribution in [-0.4, -0.2) is 76.1 Å². The Kier molecular flexibility index (Phi) is 10.3. The normalized spacial score (nSPS) is 23.6. The lowest BCUT2D eigenvalue weighted by Crippen LogP contribution is -2.59. The van der Waals surface area contributed by atoms with Crippen LogP contribution in [0.15, 0.2) is 66.8 Å². The molecule has 0 radical (unpaired) electrons. The predicted octanol–water partition coefficient (Wildman–Crippen LogP) is 4.42. The number of anilines is 1. The van der Waals surface area contributed by atoms with Gasteiger partial charge in [0.2, 0.25) is 11.8 Å². The second-order valence-electron chi connectivity index (χ2n) is 12.2. The highest BCUT2D eigenvalue weighted by atomic mass is 19.2. The van der Waals surface area contributed by atoms with Crippen LogP contribution in [-0.2, 0) is 32.6 Å². The average molecular weight is 666 g/mol. The summed E-state index contributed by atoms with van der Waals surface area (Å²) in [6, 6.07) is 1.49. The molecule has 4 heterocycles. The number of carbonyl (C=O) groups is 3. The number of nitrogens with zero attached hydrogens (tertiary/aromatic N) is 3. The summed E-state index contributed by atoms with van der Waals surface area (Å²) < 4.78 is 48.6. The van der Waals surface area contributed by atoms with E-state index in [-0.39, 0.29) is 43.9 Å². The quantitative estimate of drug-likeness (QED) is 0.226. The molecule has 0 aromatic carbocycles. The van der Waals surface area contributed by atoms with Crippen LogP contribution in [0.5, 0.6) is 0 Å². The molecule has 0 bridgehead atoms. The Labute approximate surface area is 276 Å². The number of ether oxygens (including phenoxy) is 1. The maximum atomic E-state index is 14.8. The number of hydrogen-bond donors (Lipinski definition) is 3. The maximum Gasteiger partial charge on any atom is 0.253 e. The van der Waals surface area contributed by atoms with Gasteiger partial charge in [-0.05, 0) is 56.4 Å². The van der Waals surface area contributed by atoms with Crippen molar-refractivity contribution in [2.24, 2.45) is 5.92 Å². The van der Waals surface area contributed by atoms with Crippen molar-refractivity contribution in [3.8, 4) is 0 Å². The van der Waals surface area contributed by atoms with Gasteiger partial charge in [-0.1, -0.05) is 25.3 Å². The summed E-state index contributed by atoms with van der Waals surface area (Å²) in [4.78, 5) is 50.7. The standard InChI is InChI=1S/C35H38F3N5O5/c1-5-48-11-6-8-22-12-26-31(40-17-22)42-34(47)35(26)15-23-13-24(18-39-28(23)16-35)32(45)41-27-14-25(29(19(2)36)30(38)20(3)37)21(4)43(33(27)46)9-7-10-44/h6,8,12-13,17-18,21,25,27,44H,2-3,5,7,9-11,14-16H2,1,4H3,(H,41,45)(H,40,42,47)/b8-6+,30-29-/t21?,25?,27?,35-/m0/s1. The van der Waals surface area contributed by atoms with Crippen LogP contribution < -0.4 is 10.6 Å². The van der Waals surface area contributed by atoms with E-state index in [4.69, 9.17) is 4.74 Å². The number of aliphatic hydroxyl groups is 1. The Morgan fingerprint density at radius 1 is 1.19 bits per heavy atom. The highest BCUT2D eigenvalue weighted by Gasteiger charge is 2.52. The lowest BCUT2D eigenvalue weighted by Gasteiger charge is -2.43. The van der Waals surface area contributed by atoms with Gasteiger partial charge in [0.15, 0.2) is 11.7 Å². The summed E-state index contributed by atoms with van der Waals surface area (Å²) in [5, 5.41) is 14.9. The molecular formula is C35H38F3N5O5. The number of fused-ring (bicyclic) bond motifs is 3. The molecule has 3 aliphatic rings. The largest absolute Gasteiger partial charge is 0.396 e. The number of nitrogens with one attached hydrogen (secondary N) is 2. The summed E-state index contributed by atoms with van der Waals surface area (Å²) in [6.45, 7) is 10.4. The summed E-state index contributed by atoms with van der Waals surface area (Å²) in [6.07, 6.45) is 7.24. The molecular weight excluding hydrogens is 627 g/mol. The number of likely N-dealkylation sites (tertiary alicyclic amines) is 1. The van der Waals surface area contributed by atoms with E-state index in [2.05, 4.69) is 33.8 Å². The molecule has 2 aromatic rings. The number of amides is 3. The number of piperidine rings is 1. The van der Waals surface area contributed by atoms with Crippen LogP contribution in [0.25, 0.3) is 6.08 Å². The van der Waals surface area contributed by atoms with Gasteiger partial charge in [0, 0.05) is 67.4 Å². The van der Waals surface area contributed by atoms with Gasteiger partial charge in [0.05, 0.1) is 17.6 Å². The van der Waals surface area contributed by atoms with Crippen molar-refractivity contribution in [1.29, 1.82) is 0 Å². The van der Waals surface area contributed by atoms with Gasteiger partial charge >= 0.3 is 0 Å². The molecule has 1 saturated heterocycles. The summed E-state index contributed by atoms with van der Waals surface area (Å²) >= 11 is 0. The maximum absolute atomic E-state index is 14.8. The third kappa shape index (κ3) is 6.56. The van der Waals surface area contributed by atoms with E-state index in [1.807, 2.05) is 25.1 Å². The lowest BCUT2D eigenvalue weighted by molar-refractivity contribution is -0.140. The molecule has 2 aromatic heterocycles. The molecule has 13 heteroatoms. The average Bonchev–Trinajstić information content (AvgIpc) is 3.57. The van der Waals surface area contributed by atoms with Gasteiger partial charge in [-0.3, -0.25) is 19.4 Å². The minimum absolute atomic E-state index is 0.0362. The second kappa shape index (κ2) is 14.2. The highest BCUT2D eigenvalue weighted by molar-refractivity contribution is 6.06. The smallest absolute Gasteiger partial charge is 0.253 e. The number of carbonyl (C=O) groups excluding carboxylic acids is 3. The molecule has 3 N–H and O–H groups in total. The minimum atomic E-state index is -1.51. The van der Waals surface area contributed by atoms with Crippen LogP contribution in [0.3, 0.4) is 0 Å². The topological polar surface area (TPSA) is 134 Å². The third-order valence-electron chi connectivity index (χ3n) is 9.25. The Morgan fingerprint density at radius 2 is 1.96 bits per heavy atom. The van der Waals surface area contributed by atoms with E-state index in [0.29, 0.717) is 36.7 Å². The molecule has 3 amide bonds. The molecule has 1 spiro atoms. The Balaban J connectivity index is 1.39. The number of aromatic nitrogens is 2. The molecule has 254 valence electrons. The molecule has 3 unspecified atom stereocenters. The lowest BCUT2D eigenvalue weighted by atomic mass is 9.79. The number of rotatable bonds is 12. The van der Waals surface area contributed by atoms with Crippen molar-refractivity contribution in [1.82, 2.24) is 20.2 Å². The first kappa shape index (κ1) is 34.7. The van der Waals surface area contributed by atoms with Crippen LogP contribution in [0.4, 0.5) is 19.0 Å². The third-order valence-corrected chi connectivity index (χ3v) is 9.25. The predicted molar refractivity (Wildman–Crippen MR) is 173 cm³/mol. The number of allylic oxidation sites excluding steroid dienone is 3. The molecule has 1 aliphatic carbocycles. The van der Waals surface area contributed by atoms with Gasteiger partial charge in [-0.2, -0.15) is 0 Å². The van der Waals surface area contributed by atoms with Crippen LogP contribution in [0.2, 0.25) is 0 Å². The van der Waals surface area contributed by atoms with Gasteiger partial charge in [0.25, 0.3) is 5.91 Å². The molecule has 48 heavy (non-hydrogen) atoms. The fourth-order valence-corrected chi connectivity index (χ4v) is 6.83.